The van der Waals surface area contributed by atoms with Crippen molar-refractivity contribution in [2.24, 2.45) is 5.92 Å². The lowest BCUT2D eigenvalue weighted by molar-refractivity contribution is -0.123. The van der Waals surface area contributed by atoms with Gasteiger partial charge in [-0.2, -0.15) is 0 Å². The Morgan fingerprint density at radius 1 is 1.26 bits per heavy atom. The van der Waals surface area contributed by atoms with Crippen LogP contribution in [0, 0.1) is 5.92 Å². The van der Waals surface area contributed by atoms with Crippen LogP contribution in [0.5, 0.6) is 0 Å². The van der Waals surface area contributed by atoms with Crippen LogP contribution in [0.4, 0.5) is 4.79 Å². The first-order valence-corrected chi connectivity index (χ1v) is 8.76. The molecule has 2 unspecified atom stereocenters. The van der Waals surface area contributed by atoms with Crippen molar-refractivity contribution in [1.29, 1.82) is 0 Å². The van der Waals surface area contributed by atoms with Gasteiger partial charge in [-0.05, 0) is 59.3 Å². The number of carbonyl (C=O) groups excluding carboxylic acids is 2. The molecule has 2 atom stereocenters. The van der Waals surface area contributed by atoms with Crippen molar-refractivity contribution < 1.29 is 14.3 Å². The Morgan fingerprint density at radius 2 is 1.96 bits per heavy atom. The molecule has 6 heteroatoms. The van der Waals surface area contributed by atoms with E-state index in [0.717, 1.165) is 38.8 Å². The van der Waals surface area contributed by atoms with E-state index >= 15 is 0 Å². The zero-order chi connectivity index (χ0) is 17.0. The highest BCUT2D eigenvalue weighted by Crippen LogP contribution is 2.20. The highest BCUT2D eigenvalue weighted by atomic mass is 16.6. The number of ether oxygens (including phenoxy) is 1. The fourth-order valence-electron chi connectivity index (χ4n) is 2.71. The molecule has 0 radical (unpaired) electrons. The first kappa shape index (κ1) is 18.0. The third-order valence-corrected chi connectivity index (χ3v) is 4.20. The van der Waals surface area contributed by atoms with Crippen molar-refractivity contribution in [3.63, 3.8) is 0 Å². The molecule has 0 aromatic rings. The van der Waals surface area contributed by atoms with E-state index < -0.39 is 5.60 Å². The van der Waals surface area contributed by atoms with Gasteiger partial charge in [0.15, 0.2) is 0 Å². The van der Waals surface area contributed by atoms with Gasteiger partial charge in [-0.15, -0.1) is 0 Å². The number of piperidine rings is 1. The molecule has 1 aliphatic carbocycles. The molecule has 2 N–H and O–H groups in total. The third-order valence-electron chi connectivity index (χ3n) is 4.20. The maximum Gasteiger partial charge on any atom is 0.410 e. The van der Waals surface area contributed by atoms with E-state index in [4.69, 9.17) is 4.74 Å². The predicted molar refractivity (Wildman–Crippen MR) is 89.2 cm³/mol. The zero-order valence-corrected chi connectivity index (χ0v) is 14.9. The molecule has 1 aliphatic heterocycles. The summed E-state index contributed by atoms with van der Waals surface area (Å²) in [5, 5.41) is 6.31. The lowest BCUT2D eigenvalue weighted by Gasteiger charge is -2.34. The monoisotopic (exact) mass is 325 g/mol. The molecule has 0 spiro atoms. The minimum atomic E-state index is -0.461. The maximum atomic E-state index is 12.2. The normalized spacial score (nSPS) is 23.3. The van der Waals surface area contributed by atoms with Gasteiger partial charge in [0.1, 0.15) is 5.60 Å². The summed E-state index contributed by atoms with van der Waals surface area (Å²) in [6.45, 7) is 9.74. The molecule has 2 rings (SSSR count). The van der Waals surface area contributed by atoms with Crippen LogP contribution in [0.25, 0.3) is 0 Å². The second-order valence-corrected chi connectivity index (χ2v) is 7.85. The minimum Gasteiger partial charge on any atom is -0.444 e. The Balaban J connectivity index is 1.72. The smallest absolute Gasteiger partial charge is 0.410 e. The second-order valence-electron chi connectivity index (χ2n) is 7.85. The average Bonchev–Trinajstić information content (AvgIpc) is 3.27. The van der Waals surface area contributed by atoms with E-state index in [1.165, 1.54) is 0 Å². The van der Waals surface area contributed by atoms with Gasteiger partial charge in [-0.1, -0.05) is 0 Å². The standard InChI is InChI=1S/C17H31N3O3/c1-12(15(21)19-14-7-8-14)18-10-13-6-5-9-20(11-13)16(22)23-17(2,3)4/h12-14,18H,5-11H2,1-4H3,(H,19,21). The van der Waals surface area contributed by atoms with E-state index in [1.54, 1.807) is 4.90 Å². The Kier molecular flexibility index (Phi) is 5.89. The predicted octanol–water partition coefficient (Wildman–Crippen LogP) is 1.89. The number of likely N-dealkylation sites (tertiary alicyclic amines) is 1. The molecule has 2 fully saturated rings. The summed E-state index contributed by atoms with van der Waals surface area (Å²) in [6.07, 6.45) is 4.02. The molecule has 0 aromatic carbocycles. The van der Waals surface area contributed by atoms with Crippen molar-refractivity contribution in [3.05, 3.63) is 0 Å². The summed E-state index contributed by atoms with van der Waals surface area (Å²) in [5.74, 6) is 0.444. The van der Waals surface area contributed by atoms with Gasteiger partial charge in [-0.25, -0.2) is 4.79 Å². The van der Waals surface area contributed by atoms with Crippen LogP contribution >= 0.6 is 0 Å². The van der Waals surface area contributed by atoms with E-state index in [1.807, 2.05) is 27.7 Å². The maximum absolute atomic E-state index is 12.2. The van der Waals surface area contributed by atoms with Crippen molar-refractivity contribution in [2.75, 3.05) is 19.6 Å². The number of hydrogen-bond donors (Lipinski definition) is 2. The van der Waals surface area contributed by atoms with E-state index in [2.05, 4.69) is 10.6 Å². The molecule has 0 aromatic heterocycles. The number of rotatable bonds is 5. The molecule has 23 heavy (non-hydrogen) atoms. The second kappa shape index (κ2) is 7.51. The largest absolute Gasteiger partial charge is 0.444 e. The fourth-order valence-corrected chi connectivity index (χ4v) is 2.71. The van der Waals surface area contributed by atoms with Gasteiger partial charge in [0.2, 0.25) is 5.91 Å². The molecule has 132 valence electrons. The Bertz CT molecular complexity index is 429. The van der Waals surface area contributed by atoms with Crippen LogP contribution < -0.4 is 10.6 Å². The summed E-state index contributed by atoms with van der Waals surface area (Å²) in [4.78, 5) is 25.9. The number of hydrogen-bond acceptors (Lipinski definition) is 4. The number of amides is 2. The topological polar surface area (TPSA) is 70.7 Å². The van der Waals surface area contributed by atoms with Gasteiger partial charge in [0.25, 0.3) is 0 Å². The van der Waals surface area contributed by atoms with Crippen LogP contribution in [-0.2, 0) is 9.53 Å². The fraction of sp³-hybridized carbons (Fsp3) is 0.882. The summed E-state index contributed by atoms with van der Waals surface area (Å²) in [7, 11) is 0. The summed E-state index contributed by atoms with van der Waals surface area (Å²) < 4.78 is 5.44. The van der Waals surface area contributed by atoms with E-state index in [9.17, 15) is 9.59 Å². The van der Waals surface area contributed by atoms with Crippen LogP contribution in [0.3, 0.4) is 0 Å². The highest BCUT2D eigenvalue weighted by Gasteiger charge is 2.29. The lowest BCUT2D eigenvalue weighted by Crippen LogP contribution is -2.48. The molecular formula is C17H31N3O3. The number of nitrogens with zero attached hydrogens (tertiary/aromatic N) is 1. The van der Waals surface area contributed by atoms with Gasteiger partial charge in [-0.3, -0.25) is 4.79 Å². The molecule has 1 heterocycles. The van der Waals surface area contributed by atoms with Crippen LogP contribution in [0.15, 0.2) is 0 Å². The molecular weight excluding hydrogens is 294 g/mol. The van der Waals surface area contributed by atoms with Gasteiger partial charge in [0.05, 0.1) is 6.04 Å². The Hall–Kier alpha value is -1.30. The van der Waals surface area contributed by atoms with E-state index in [-0.39, 0.29) is 18.0 Å². The molecule has 6 nitrogen and oxygen atoms in total. The van der Waals surface area contributed by atoms with Crippen molar-refractivity contribution in [2.45, 2.75) is 71.1 Å². The molecule has 2 aliphatic rings. The van der Waals surface area contributed by atoms with Crippen molar-refractivity contribution >= 4 is 12.0 Å². The number of nitrogens with one attached hydrogen (secondary N) is 2. The van der Waals surface area contributed by atoms with Crippen LogP contribution in [0.1, 0.15) is 53.4 Å². The summed E-state index contributed by atoms with van der Waals surface area (Å²) in [6, 6.07) is 0.205. The summed E-state index contributed by atoms with van der Waals surface area (Å²) >= 11 is 0. The first-order chi connectivity index (χ1) is 10.7. The van der Waals surface area contributed by atoms with Gasteiger partial charge >= 0.3 is 6.09 Å². The highest BCUT2D eigenvalue weighted by molar-refractivity contribution is 5.81. The molecule has 2 amide bonds. The van der Waals surface area contributed by atoms with Gasteiger partial charge < -0.3 is 20.3 Å². The van der Waals surface area contributed by atoms with E-state index in [0.29, 0.717) is 18.5 Å². The minimum absolute atomic E-state index is 0.0762. The SMILES string of the molecule is CC(NCC1CCCN(C(=O)OC(C)(C)C)C1)C(=O)NC1CC1. The molecule has 0 bridgehead atoms. The van der Waals surface area contributed by atoms with Crippen molar-refractivity contribution in [1.82, 2.24) is 15.5 Å². The Morgan fingerprint density at radius 3 is 2.57 bits per heavy atom. The lowest BCUT2D eigenvalue weighted by atomic mass is 9.98. The van der Waals surface area contributed by atoms with Crippen LogP contribution in [-0.4, -0.2) is 54.2 Å². The molecule has 1 saturated heterocycles. The first-order valence-electron chi connectivity index (χ1n) is 8.76. The quantitative estimate of drug-likeness (QED) is 0.810. The average molecular weight is 325 g/mol. The zero-order valence-electron chi connectivity index (χ0n) is 14.9. The molecule has 1 saturated carbocycles. The van der Waals surface area contributed by atoms with Crippen molar-refractivity contribution in [3.8, 4) is 0 Å². The Labute approximate surface area is 139 Å². The number of carbonyl (C=O) groups is 2. The third kappa shape index (κ3) is 6.37. The summed E-state index contributed by atoms with van der Waals surface area (Å²) in [5.41, 5.74) is -0.461. The van der Waals surface area contributed by atoms with Gasteiger partial charge in [0, 0.05) is 25.7 Å². The van der Waals surface area contributed by atoms with Crippen LogP contribution in [0.2, 0.25) is 0 Å².